The van der Waals surface area contributed by atoms with Crippen molar-refractivity contribution in [2.45, 2.75) is 26.7 Å². The average Bonchev–Trinajstić information content (AvgIpc) is 3.97. The Morgan fingerprint density at radius 3 is 1.32 bits per heavy atom. The molecule has 0 spiro atoms. The predicted molar refractivity (Wildman–Crippen MR) is 250 cm³/mol. The molecule has 0 aliphatic rings. The van der Waals surface area contributed by atoms with E-state index in [1.807, 2.05) is 65.5 Å². The van der Waals surface area contributed by atoms with E-state index in [1.54, 1.807) is 0 Å². The highest BCUT2D eigenvalue weighted by Crippen LogP contribution is 2.42. The predicted octanol–water partition coefficient (Wildman–Crippen LogP) is 12.7. The molecule has 0 saturated heterocycles. The third kappa shape index (κ3) is 5.90. The van der Waals surface area contributed by atoms with Crippen molar-refractivity contribution in [2.24, 2.45) is 0 Å². The SMILES string of the molecule is CCc1cc(Oc2ccc3c4ccc(Oc5cc(CC)c6c7ccccc7n(-c7ccccn7)c6c5)cc4n(-c4ncncn4)c3c2)cc2c1c1ccccc1n2-c1ccccn1. The van der Waals surface area contributed by atoms with Crippen LogP contribution in [0.15, 0.2) is 171 Å². The van der Waals surface area contributed by atoms with Gasteiger partial charge >= 0.3 is 0 Å². The topological polar surface area (TPSA) is 97.7 Å². The molecule has 6 aromatic heterocycles. The molecule has 0 saturated carbocycles. The maximum atomic E-state index is 6.80. The van der Waals surface area contributed by atoms with Gasteiger partial charge in [-0.2, -0.15) is 0 Å². The van der Waals surface area contributed by atoms with Crippen molar-refractivity contribution in [3.63, 3.8) is 0 Å². The quantitative estimate of drug-likeness (QED) is 0.143. The van der Waals surface area contributed by atoms with Gasteiger partial charge in [-0.15, -0.1) is 0 Å². The van der Waals surface area contributed by atoms with Gasteiger partial charge in [0.15, 0.2) is 0 Å². The highest BCUT2D eigenvalue weighted by atomic mass is 16.5. The molecule has 0 bridgehead atoms. The van der Waals surface area contributed by atoms with Crippen molar-refractivity contribution < 1.29 is 9.47 Å². The summed E-state index contributed by atoms with van der Waals surface area (Å²) in [5.41, 5.74) is 8.46. The monoisotopic (exact) mass is 818 g/mol. The fourth-order valence-corrected chi connectivity index (χ4v) is 9.39. The molecule has 10 heteroatoms. The van der Waals surface area contributed by atoms with Crippen LogP contribution in [0, 0.1) is 0 Å². The van der Waals surface area contributed by atoms with E-state index in [9.17, 15) is 0 Å². The zero-order valence-electron chi connectivity index (χ0n) is 34.5. The molecule has 0 unspecified atom stereocenters. The fraction of sp³-hybridized carbons (Fsp3) is 0.0755. The first-order valence-electron chi connectivity index (χ1n) is 21.2. The van der Waals surface area contributed by atoms with Gasteiger partial charge < -0.3 is 9.47 Å². The number of hydrogen-bond acceptors (Lipinski definition) is 7. The zero-order valence-corrected chi connectivity index (χ0v) is 34.5. The molecule has 0 radical (unpaired) electrons. The molecule has 0 aliphatic carbocycles. The summed E-state index contributed by atoms with van der Waals surface area (Å²) in [4.78, 5) is 22.9. The lowest BCUT2D eigenvalue weighted by molar-refractivity contribution is 0.483. The van der Waals surface area contributed by atoms with Crippen LogP contribution >= 0.6 is 0 Å². The molecule has 6 heterocycles. The van der Waals surface area contributed by atoms with E-state index in [2.05, 4.69) is 135 Å². The van der Waals surface area contributed by atoms with Crippen LogP contribution in [-0.2, 0) is 12.8 Å². The van der Waals surface area contributed by atoms with E-state index in [4.69, 9.17) is 19.4 Å². The summed E-state index contributed by atoms with van der Waals surface area (Å²) < 4.78 is 20.1. The van der Waals surface area contributed by atoms with E-state index in [0.29, 0.717) is 17.4 Å². The van der Waals surface area contributed by atoms with Crippen LogP contribution in [0.3, 0.4) is 0 Å². The van der Waals surface area contributed by atoms with Crippen molar-refractivity contribution in [1.82, 2.24) is 38.6 Å². The van der Waals surface area contributed by atoms with Crippen LogP contribution < -0.4 is 9.47 Å². The lowest BCUT2D eigenvalue weighted by atomic mass is 10.0. The van der Waals surface area contributed by atoms with Crippen LogP contribution in [0.2, 0.25) is 0 Å². The Kier molecular flexibility index (Phi) is 8.49. The summed E-state index contributed by atoms with van der Waals surface area (Å²) in [6.45, 7) is 4.37. The summed E-state index contributed by atoms with van der Waals surface area (Å²) in [7, 11) is 0. The molecule has 63 heavy (non-hydrogen) atoms. The molecule has 0 aliphatic heterocycles. The summed E-state index contributed by atoms with van der Waals surface area (Å²) in [6.07, 6.45) is 8.37. The van der Waals surface area contributed by atoms with Gasteiger partial charge in [-0.05, 0) is 96.8 Å². The van der Waals surface area contributed by atoms with Crippen LogP contribution in [0.1, 0.15) is 25.0 Å². The molecule has 0 N–H and O–H groups in total. The molecule has 12 rings (SSSR count). The molecule has 0 atom stereocenters. The number of para-hydroxylation sites is 2. The number of fused-ring (bicyclic) bond motifs is 9. The zero-order chi connectivity index (χ0) is 42.0. The van der Waals surface area contributed by atoms with E-state index >= 15 is 0 Å². The summed E-state index contributed by atoms with van der Waals surface area (Å²) in [6, 6.07) is 49.9. The second kappa shape index (κ2) is 14.7. The lowest BCUT2D eigenvalue weighted by Crippen LogP contribution is -2.01. The molecular weight excluding hydrogens is 781 g/mol. The van der Waals surface area contributed by atoms with E-state index in [0.717, 1.165) is 79.8 Å². The third-order valence-electron chi connectivity index (χ3n) is 12.0. The van der Waals surface area contributed by atoms with Crippen molar-refractivity contribution in [3.8, 4) is 40.6 Å². The van der Waals surface area contributed by atoms with Crippen molar-refractivity contribution in [1.29, 1.82) is 0 Å². The highest BCUT2D eigenvalue weighted by molar-refractivity contribution is 6.13. The first kappa shape index (κ1) is 36.5. The molecule has 10 nitrogen and oxygen atoms in total. The Balaban J connectivity index is 0.980. The molecule has 0 amide bonds. The van der Waals surface area contributed by atoms with Gasteiger partial charge in [-0.3, -0.25) is 13.7 Å². The number of nitrogens with zero attached hydrogens (tertiary/aromatic N) is 8. The van der Waals surface area contributed by atoms with Gasteiger partial charge in [0.2, 0.25) is 5.95 Å². The summed E-state index contributed by atoms with van der Waals surface area (Å²) in [5.74, 6) is 5.04. The number of pyridine rings is 2. The standard InChI is InChI=1S/C53H38N8O2/c1-3-33-25-37(29-47-51(33)41-13-5-7-15-43(41)59(47)49-17-9-11-23-55-49)62-35-19-21-39-40-22-20-36(28-46(40)61(45(39)27-35)53-57-31-54-32-58-53)63-38-26-34(4-2)52-42-14-6-8-16-44(42)60(48(52)30-38)50-18-10-12-24-56-50/h5-32H,3-4H2,1-2H3. The minimum atomic E-state index is 0.489. The van der Waals surface area contributed by atoms with Crippen molar-refractivity contribution in [3.05, 3.63) is 182 Å². The number of aromatic nitrogens is 8. The lowest BCUT2D eigenvalue weighted by Gasteiger charge is -2.12. The molecule has 302 valence electrons. The fourth-order valence-electron chi connectivity index (χ4n) is 9.39. The molecule has 6 aromatic carbocycles. The largest absolute Gasteiger partial charge is 0.457 e. The van der Waals surface area contributed by atoms with Gasteiger partial charge in [-0.1, -0.05) is 62.4 Å². The molecular formula is C53H38N8O2. The second-order valence-electron chi connectivity index (χ2n) is 15.6. The van der Waals surface area contributed by atoms with Gasteiger partial charge in [0, 0.05) is 69.0 Å². The Morgan fingerprint density at radius 2 is 0.857 bits per heavy atom. The number of benzene rings is 6. The Bertz CT molecular complexity index is 3480. The molecule has 0 fully saturated rings. The van der Waals surface area contributed by atoms with E-state index < -0.39 is 0 Å². The highest BCUT2D eigenvalue weighted by Gasteiger charge is 2.21. The number of aryl methyl sites for hydroxylation is 2. The number of ether oxygens (including phenoxy) is 2. The number of hydrogen-bond donors (Lipinski definition) is 0. The average molecular weight is 819 g/mol. The van der Waals surface area contributed by atoms with Crippen molar-refractivity contribution >= 4 is 65.4 Å². The normalized spacial score (nSPS) is 11.8. The van der Waals surface area contributed by atoms with Gasteiger partial charge in [0.25, 0.3) is 0 Å². The van der Waals surface area contributed by atoms with Gasteiger partial charge in [0.05, 0.1) is 33.1 Å². The van der Waals surface area contributed by atoms with Crippen LogP contribution in [0.25, 0.3) is 83.0 Å². The Labute approximate surface area is 361 Å². The van der Waals surface area contributed by atoms with E-state index in [1.165, 1.54) is 45.3 Å². The maximum Gasteiger partial charge on any atom is 0.237 e. The first-order valence-corrected chi connectivity index (χ1v) is 21.2. The van der Waals surface area contributed by atoms with Gasteiger partial charge in [0.1, 0.15) is 47.3 Å². The number of rotatable bonds is 9. The minimum Gasteiger partial charge on any atom is -0.457 e. The van der Waals surface area contributed by atoms with Crippen LogP contribution in [0.5, 0.6) is 23.0 Å². The maximum absolute atomic E-state index is 6.80. The van der Waals surface area contributed by atoms with Crippen LogP contribution in [-0.4, -0.2) is 38.6 Å². The second-order valence-corrected chi connectivity index (χ2v) is 15.6. The molecule has 12 aromatic rings. The first-order chi connectivity index (χ1) is 31.1. The van der Waals surface area contributed by atoms with Crippen LogP contribution in [0.4, 0.5) is 0 Å². The third-order valence-corrected chi connectivity index (χ3v) is 12.0. The Morgan fingerprint density at radius 1 is 0.397 bits per heavy atom. The van der Waals surface area contributed by atoms with Gasteiger partial charge in [-0.25, -0.2) is 24.9 Å². The van der Waals surface area contributed by atoms with Crippen molar-refractivity contribution in [2.75, 3.05) is 0 Å². The summed E-state index contributed by atoms with van der Waals surface area (Å²) >= 11 is 0. The minimum absolute atomic E-state index is 0.489. The smallest absolute Gasteiger partial charge is 0.237 e. The summed E-state index contributed by atoms with van der Waals surface area (Å²) in [5, 5.41) is 6.84. The van der Waals surface area contributed by atoms with E-state index in [-0.39, 0.29) is 0 Å². The Hall–Kier alpha value is -8.37.